The van der Waals surface area contributed by atoms with Gasteiger partial charge < -0.3 is 9.73 Å². The van der Waals surface area contributed by atoms with Gasteiger partial charge in [0.05, 0.1) is 0 Å². The first-order valence-electron chi connectivity index (χ1n) is 6.07. The first kappa shape index (κ1) is 13.7. The Labute approximate surface area is 117 Å². The Bertz CT molecular complexity index is 521. The van der Waals surface area contributed by atoms with Crippen LogP contribution in [0.1, 0.15) is 18.7 Å². The molecule has 5 heteroatoms. The van der Waals surface area contributed by atoms with Gasteiger partial charge in [0.25, 0.3) is 0 Å². The van der Waals surface area contributed by atoms with E-state index in [4.69, 9.17) is 16.0 Å². The highest BCUT2D eigenvalue weighted by Crippen LogP contribution is 2.22. The molecule has 1 saturated heterocycles. The van der Waals surface area contributed by atoms with E-state index in [0.717, 1.165) is 48.8 Å². The summed E-state index contributed by atoms with van der Waals surface area (Å²) >= 11 is 5.91. The van der Waals surface area contributed by atoms with E-state index in [1.54, 1.807) is 0 Å². The van der Waals surface area contributed by atoms with E-state index in [9.17, 15) is 0 Å². The molecule has 0 spiro atoms. The van der Waals surface area contributed by atoms with Crippen LogP contribution in [-0.2, 0) is 6.42 Å². The van der Waals surface area contributed by atoms with Crippen LogP contribution in [0.3, 0.4) is 0 Å². The minimum absolute atomic E-state index is 0. The maximum atomic E-state index is 5.91. The summed E-state index contributed by atoms with van der Waals surface area (Å²) in [5.41, 5.74) is 1.69. The molecule has 1 aliphatic heterocycles. The number of nitrogens with one attached hydrogen (secondary N) is 1. The van der Waals surface area contributed by atoms with Crippen molar-refractivity contribution in [2.45, 2.75) is 19.3 Å². The second kappa shape index (κ2) is 5.91. The van der Waals surface area contributed by atoms with Crippen LogP contribution in [0.25, 0.3) is 11.1 Å². The van der Waals surface area contributed by atoms with Gasteiger partial charge in [-0.15, -0.1) is 12.4 Å². The third kappa shape index (κ3) is 2.97. The number of aryl methyl sites for hydroxylation is 1. The van der Waals surface area contributed by atoms with Crippen LogP contribution in [0.2, 0.25) is 5.02 Å². The Morgan fingerprint density at radius 2 is 2.33 bits per heavy atom. The van der Waals surface area contributed by atoms with E-state index >= 15 is 0 Å². The van der Waals surface area contributed by atoms with E-state index in [1.165, 1.54) is 6.42 Å². The molecule has 3 nitrogen and oxygen atoms in total. The summed E-state index contributed by atoms with van der Waals surface area (Å²) < 4.78 is 5.69. The fourth-order valence-electron chi connectivity index (χ4n) is 2.34. The molecule has 0 aliphatic carbocycles. The van der Waals surface area contributed by atoms with Crippen molar-refractivity contribution in [2.75, 3.05) is 13.1 Å². The lowest BCUT2D eigenvalue weighted by molar-refractivity contribution is 0.466. The van der Waals surface area contributed by atoms with E-state index in [-0.39, 0.29) is 12.4 Å². The number of nitrogens with zero attached hydrogens (tertiary/aromatic N) is 1. The summed E-state index contributed by atoms with van der Waals surface area (Å²) in [4.78, 5) is 4.47. The minimum atomic E-state index is 0. The molecule has 1 N–H and O–H groups in total. The SMILES string of the molecule is Cl.Clc1ccc2nc(CC[C@@H]3CCNC3)oc2c1. The Hall–Kier alpha value is -0.770. The lowest BCUT2D eigenvalue weighted by Gasteiger charge is -2.04. The fraction of sp³-hybridized carbons (Fsp3) is 0.462. The predicted octanol–water partition coefficient (Wildman–Crippen LogP) is 3.45. The molecule has 1 atom stereocenters. The van der Waals surface area contributed by atoms with Crippen LogP contribution in [-0.4, -0.2) is 18.1 Å². The molecule has 1 aromatic heterocycles. The number of rotatable bonds is 3. The molecular weight excluding hydrogens is 271 g/mol. The second-order valence-electron chi connectivity index (χ2n) is 4.62. The van der Waals surface area contributed by atoms with E-state index in [1.807, 2.05) is 18.2 Å². The standard InChI is InChI=1S/C13H15ClN2O.ClH/c14-10-2-3-11-12(7-10)17-13(16-11)4-1-9-5-6-15-8-9;/h2-3,7,9,15H,1,4-6,8H2;1H/t9-;/m1./s1. The van der Waals surface area contributed by atoms with Crippen LogP contribution in [0.4, 0.5) is 0 Å². The minimum Gasteiger partial charge on any atom is -0.441 e. The van der Waals surface area contributed by atoms with Crippen molar-refractivity contribution in [2.24, 2.45) is 5.92 Å². The van der Waals surface area contributed by atoms with Gasteiger partial charge in [0.2, 0.25) is 0 Å². The maximum Gasteiger partial charge on any atom is 0.195 e. The lowest BCUT2D eigenvalue weighted by atomic mass is 10.0. The molecule has 1 fully saturated rings. The average Bonchev–Trinajstić information content (AvgIpc) is 2.94. The van der Waals surface area contributed by atoms with Gasteiger partial charge in [0.15, 0.2) is 11.5 Å². The van der Waals surface area contributed by atoms with Crippen molar-refractivity contribution >= 4 is 35.1 Å². The van der Waals surface area contributed by atoms with Crippen molar-refractivity contribution < 1.29 is 4.42 Å². The van der Waals surface area contributed by atoms with E-state index < -0.39 is 0 Å². The average molecular weight is 287 g/mol. The largest absolute Gasteiger partial charge is 0.441 e. The van der Waals surface area contributed by atoms with Crippen molar-refractivity contribution in [3.05, 3.63) is 29.1 Å². The molecule has 1 aliphatic rings. The lowest BCUT2D eigenvalue weighted by Crippen LogP contribution is -2.09. The molecule has 18 heavy (non-hydrogen) atoms. The van der Waals surface area contributed by atoms with Crippen molar-refractivity contribution in [3.8, 4) is 0 Å². The Morgan fingerprint density at radius 3 is 3.11 bits per heavy atom. The molecule has 0 bridgehead atoms. The van der Waals surface area contributed by atoms with Gasteiger partial charge in [-0.25, -0.2) is 4.98 Å². The van der Waals surface area contributed by atoms with Crippen molar-refractivity contribution in [1.82, 2.24) is 10.3 Å². The van der Waals surface area contributed by atoms with E-state index in [2.05, 4.69) is 10.3 Å². The highest BCUT2D eigenvalue weighted by atomic mass is 35.5. The summed E-state index contributed by atoms with van der Waals surface area (Å²) in [6.45, 7) is 2.28. The first-order chi connectivity index (χ1) is 8.31. The third-order valence-electron chi connectivity index (χ3n) is 3.32. The highest BCUT2D eigenvalue weighted by molar-refractivity contribution is 6.31. The van der Waals surface area contributed by atoms with Gasteiger partial charge in [-0.2, -0.15) is 0 Å². The van der Waals surface area contributed by atoms with Gasteiger partial charge in [0, 0.05) is 17.5 Å². The Morgan fingerprint density at radius 1 is 1.44 bits per heavy atom. The quantitative estimate of drug-likeness (QED) is 0.939. The highest BCUT2D eigenvalue weighted by Gasteiger charge is 2.15. The third-order valence-corrected chi connectivity index (χ3v) is 3.56. The summed E-state index contributed by atoms with van der Waals surface area (Å²) in [5.74, 6) is 1.60. The second-order valence-corrected chi connectivity index (χ2v) is 5.05. The molecule has 98 valence electrons. The van der Waals surface area contributed by atoms with Crippen molar-refractivity contribution in [3.63, 3.8) is 0 Å². The van der Waals surface area contributed by atoms with Crippen LogP contribution < -0.4 is 5.32 Å². The normalized spacial score (nSPS) is 19.1. The number of hydrogen-bond acceptors (Lipinski definition) is 3. The van der Waals surface area contributed by atoms with Gasteiger partial charge >= 0.3 is 0 Å². The molecule has 3 rings (SSSR count). The molecule has 0 unspecified atom stereocenters. The number of fused-ring (bicyclic) bond motifs is 1. The Kier molecular flexibility index (Phi) is 4.49. The summed E-state index contributed by atoms with van der Waals surface area (Å²) in [6.07, 6.45) is 3.33. The van der Waals surface area contributed by atoms with E-state index in [0.29, 0.717) is 5.02 Å². The molecule has 0 saturated carbocycles. The van der Waals surface area contributed by atoms with Crippen LogP contribution in [0.15, 0.2) is 22.6 Å². The molecular formula is C13H16Cl2N2O. The zero-order valence-electron chi connectivity index (χ0n) is 9.99. The number of halogens is 2. The molecule has 2 aromatic rings. The predicted molar refractivity (Wildman–Crippen MR) is 75.6 cm³/mol. The van der Waals surface area contributed by atoms with Crippen LogP contribution in [0.5, 0.6) is 0 Å². The van der Waals surface area contributed by atoms with Crippen molar-refractivity contribution in [1.29, 1.82) is 0 Å². The topological polar surface area (TPSA) is 38.1 Å². The monoisotopic (exact) mass is 286 g/mol. The zero-order valence-corrected chi connectivity index (χ0v) is 11.6. The summed E-state index contributed by atoms with van der Waals surface area (Å²) in [6, 6.07) is 5.57. The molecule has 0 radical (unpaired) electrons. The zero-order chi connectivity index (χ0) is 11.7. The van der Waals surface area contributed by atoms with Gasteiger partial charge in [-0.1, -0.05) is 11.6 Å². The summed E-state index contributed by atoms with van der Waals surface area (Å²) in [7, 11) is 0. The smallest absolute Gasteiger partial charge is 0.195 e. The number of benzene rings is 1. The molecule has 1 aromatic carbocycles. The Balaban J connectivity index is 0.00000120. The summed E-state index contributed by atoms with van der Waals surface area (Å²) in [5, 5.41) is 4.07. The van der Waals surface area contributed by atoms with Crippen LogP contribution >= 0.6 is 24.0 Å². The number of oxazole rings is 1. The molecule has 2 heterocycles. The number of aromatic nitrogens is 1. The van der Waals surface area contributed by atoms with Gasteiger partial charge in [0.1, 0.15) is 5.52 Å². The number of hydrogen-bond donors (Lipinski definition) is 1. The van der Waals surface area contributed by atoms with Gasteiger partial charge in [-0.05, 0) is 44.0 Å². The van der Waals surface area contributed by atoms with Crippen LogP contribution in [0, 0.1) is 5.92 Å². The maximum absolute atomic E-state index is 5.91. The first-order valence-corrected chi connectivity index (χ1v) is 6.45. The van der Waals surface area contributed by atoms with Gasteiger partial charge in [-0.3, -0.25) is 0 Å². The molecule has 0 amide bonds. The fourth-order valence-corrected chi connectivity index (χ4v) is 2.50.